The van der Waals surface area contributed by atoms with Gasteiger partial charge in [-0.05, 0) is 44.2 Å². The average molecular weight is 440 g/mol. The number of hydrogen-bond donors (Lipinski definition) is 2. The first-order valence-corrected chi connectivity index (χ1v) is 11.1. The summed E-state index contributed by atoms with van der Waals surface area (Å²) >= 11 is 0.991. The topological polar surface area (TPSA) is 95.6 Å². The van der Waals surface area contributed by atoms with E-state index in [0.717, 1.165) is 11.8 Å². The zero-order valence-corrected chi connectivity index (χ0v) is 17.8. The number of sulfonamides is 1. The number of halogens is 1. The molecular formula is C19H22FN3O4S2. The first-order valence-electron chi connectivity index (χ1n) is 8.67. The van der Waals surface area contributed by atoms with Crippen molar-refractivity contribution in [3.63, 3.8) is 0 Å². The fourth-order valence-electron chi connectivity index (χ4n) is 2.18. The minimum Gasteiger partial charge on any atom is -0.272 e. The number of carbonyl (C=O) groups excluding carboxylic acids is 2. The standard InChI is InChI=1S/C19H22FN3O4S2/c1-13(2)23(3)29(26,27)15-8-6-7-14(11-15)19(25)22-21-18(24)12-28-17-10-5-4-9-16(17)20/h4-11,13H,12H2,1-3H3,(H,21,24)(H,22,25). The number of thioether (sulfide) groups is 1. The molecule has 0 fully saturated rings. The van der Waals surface area contributed by atoms with Crippen LogP contribution in [0.15, 0.2) is 58.3 Å². The van der Waals surface area contributed by atoms with Crippen LogP contribution in [0.1, 0.15) is 24.2 Å². The maximum absolute atomic E-state index is 13.5. The van der Waals surface area contributed by atoms with E-state index in [1.165, 1.54) is 41.7 Å². The molecule has 0 heterocycles. The largest absolute Gasteiger partial charge is 0.272 e. The van der Waals surface area contributed by atoms with Gasteiger partial charge in [-0.2, -0.15) is 4.31 Å². The predicted octanol–water partition coefficient (Wildman–Crippen LogP) is 2.41. The molecule has 2 N–H and O–H groups in total. The Kier molecular flexibility index (Phi) is 7.77. The van der Waals surface area contributed by atoms with E-state index < -0.39 is 27.7 Å². The van der Waals surface area contributed by atoms with Gasteiger partial charge in [0.1, 0.15) is 5.82 Å². The molecule has 2 amide bonds. The minimum absolute atomic E-state index is 0.0252. The van der Waals surface area contributed by atoms with Crippen molar-refractivity contribution >= 4 is 33.6 Å². The van der Waals surface area contributed by atoms with E-state index in [9.17, 15) is 22.4 Å². The Bertz CT molecular complexity index is 996. The summed E-state index contributed by atoms with van der Waals surface area (Å²) < 4.78 is 39.8. The van der Waals surface area contributed by atoms with Crippen LogP contribution in [0.2, 0.25) is 0 Å². The normalized spacial score (nSPS) is 11.5. The van der Waals surface area contributed by atoms with Crippen LogP contribution in [0.5, 0.6) is 0 Å². The lowest BCUT2D eigenvalue weighted by atomic mass is 10.2. The van der Waals surface area contributed by atoms with Gasteiger partial charge in [0.05, 0.1) is 10.6 Å². The predicted molar refractivity (Wildman–Crippen MR) is 109 cm³/mol. The number of hydrazine groups is 1. The van der Waals surface area contributed by atoms with Gasteiger partial charge in [-0.15, -0.1) is 11.8 Å². The molecule has 0 bridgehead atoms. The molecule has 29 heavy (non-hydrogen) atoms. The average Bonchev–Trinajstić information content (AvgIpc) is 2.70. The number of rotatable bonds is 7. The van der Waals surface area contributed by atoms with Gasteiger partial charge in [0.2, 0.25) is 15.9 Å². The zero-order valence-electron chi connectivity index (χ0n) is 16.2. The van der Waals surface area contributed by atoms with Crippen molar-refractivity contribution in [2.75, 3.05) is 12.8 Å². The Hall–Kier alpha value is -2.43. The molecule has 0 aliphatic carbocycles. The smallest absolute Gasteiger partial charge is 0.269 e. The summed E-state index contributed by atoms with van der Waals surface area (Å²) in [5.41, 5.74) is 4.53. The van der Waals surface area contributed by atoms with Crippen molar-refractivity contribution in [1.82, 2.24) is 15.2 Å². The SMILES string of the molecule is CC(C)N(C)S(=O)(=O)c1cccc(C(=O)NNC(=O)CSc2ccccc2F)c1. The molecule has 0 spiro atoms. The van der Waals surface area contributed by atoms with Gasteiger partial charge in [0.25, 0.3) is 5.91 Å². The maximum Gasteiger partial charge on any atom is 0.269 e. The monoisotopic (exact) mass is 439 g/mol. The molecule has 0 saturated heterocycles. The van der Waals surface area contributed by atoms with Crippen LogP contribution in [0.4, 0.5) is 4.39 Å². The number of benzene rings is 2. The molecule has 7 nitrogen and oxygen atoms in total. The molecule has 0 aliphatic heterocycles. The van der Waals surface area contributed by atoms with Crippen LogP contribution in [0.3, 0.4) is 0 Å². The summed E-state index contributed by atoms with van der Waals surface area (Å²) in [6.07, 6.45) is 0. The highest BCUT2D eigenvalue weighted by molar-refractivity contribution is 8.00. The Morgan fingerprint density at radius 3 is 2.45 bits per heavy atom. The third kappa shape index (κ3) is 6.02. The van der Waals surface area contributed by atoms with E-state index in [2.05, 4.69) is 10.9 Å². The number of nitrogens with zero attached hydrogens (tertiary/aromatic N) is 1. The Labute approximate surface area is 173 Å². The van der Waals surface area contributed by atoms with E-state index >= 15 is 0 Å². The highest BCUT2D eigenvalue weighted by atomic mass is 32.2. The third-order valence-electron chi connectivity index (χ3n) is 4.01. The summed E-state index contributed by atoms with van der Waals surface area (Å²) in [5, 5.41) is 0. The van der Waals surface area contributed by atoms with Gasteiger partial charge < -0.3 is 0 Å². The number of nitrogens with one attached hydrogen (secondary N) is 2. The van der Waals surface area contributed by atoms with Crippen LogP contribution in [0.25, 0.3) is 0 Å². The fraction of sp³-hybridized carbons (Fsp3) is 0.263. The van der Waals surface area contributed by atoms with Crippen molar-refractivity contribution < 1.29 is 22.4 Å². The molecule has 2 rings (SSSR count). The molecule has 0 aromatic heterocycles. The first kappa shape index (κ1) is 22.9. The molecule has 2 aromatic rings. The Morgan fingerprint density at radius 1 is 1.10 bits per heavy atom. The van der Waals surface area contributed by atoms with Gasteiger partial charge >= 0.3 is 0 Å². The molecule has 0 radical (unpaired) electrons. The zero-order chi connectivity index (χ0) is 21.6. The highest BCUT2D eigenvalue weighted by Gasteiger charge is 2.24. The van der Waals surface area contributed by atoms with Gasteiger partial charge in [-0.1, -0.05) is 18.2 Å². The number of amides is 2. The van der Waals surface area contributed by atoms with Gasteiger partial charge in [-0.3, -0.25) is 20.4 Å². The van der Waals surface area contributed by atoms with Crippen LogP contribution in [-0.4, -0.2) is 43.4 Å². The second-order valence-electron chi connectivity index (χ2n) is 6.36. The summed E-state index contributed by atoms with van der Waals surface area (Å²) in [5.74, 6) is -1.73. The van der Waals surface area contributed by atoms with Crippen LogP contribution in [0, 0.1) is 5.82 Å². The van der Waals surface area contributed by atoms with E-state index in [1.54, 1.807) is 32.0 Å². The van der Waals surface area contributed by atoms with E-state index in [4.69, 9.17) is 0 Å². The number of hydrogen-bond acceptors (Lipinski definition) is 5. The molecular weight excluding hydrogens is 417 g/mol. The number of carbonyl (C=O) groups is 2. The second kappa shape index (κ2) is 9.86. The van der Waals surface area contributed by atoms with Crippen LogP contribution >= 0.6 is 11.8 Å². The van der Waals surface area contributed by atoms with Crippen molar-refractivity contribution in [3.8, 4) is 0 Å². The molecule has 0 atom stereocenters. The Balaban J connectivity index is 1.97. The van der Waals surface area contributed by atoms with Crippen molar-refractivity contribution in [1.29, 1.82) is 0 Å². The summed E-state index contributed by atoms with van der Waals surface area (Å²) in [7, 11) is -2.28. The summed E-state index contributed by atoms with van der Waals surface area (Å²) in [4.78, 5) is 24.4. The Morgan fingerprint density at radius 2 is 1.79 bits per heavy atom. The maximum atomic E-state index is 13.5. The van der Waals surface area contributed by atoms with E-state index in [1.807, 2.05) is 0 Å². The van der Waals surface area contributed by atoms with E-state index in [-0.39, 0.29) is 22.3 Å². The quantitative estimate of drug-likeness (QED) is 0.510. The third-order valence-corrected chi connectivity index (χ3v) is 7.09. The van der Waals surface area contributed by atoms with Crippen LogP contribution in [-0.2, 0) is 14.8 Å². The van der Waals surface area contributed by atoms with Crippen molar-refractivity contribution in [3.05, 3.63) is 59.9 Å². The van der Waals surface area contributed by atoms with Gasteiger partial charge in [-0.25, -0.2) is 12.8 Å². The van der Waals surface area contributed by atoms with Gasteiger partial charge in [0, 0.05) is 23.5 Å². The fourth-order valence-corrected chi connectivity index (χ4v) is 4.33. The highest BCUT2D eigenvalue weighted by Crippen LogP contribution is 2.20. The van der Waals surface area contributed by atoms with Gasteiger partial charge in [0.15, 0.2) is 0 Å². The van der Waals surface area contributed by atoms with Crippen molar-refractivity contribution in [2.45, 2.75) is 29.7 Å². The lowest BCUT2D eigenvalue weighted by Gasteiger charge is -2.21. The minimum atomic E-state index is -3.74. The molecule has 10 heteroatoms. The van der Waals surface area contributed by atoms with Crippen molar-refractivity contribution in [2.24, 2.45) is 0 Å². The lowest BCUT2D eigenvalue weighted by molar-refractivity contribution is -0.119. The molecule has 2 aromatic carbocycles. The van der Waals surface area contributed by atoms with E-state index in [0.29, 0.717) is 4.90 Å². The first-order chi connectivity index (χ1) is 13.6. The lowest BCUT2D eigenvalue weighted by Crippen LogP contribution is -2.42. The van der Waals surface area contributed by atoms with Crippen LogP contribution < -0.4 is 10.9 Å². The molecule has 0 unspecified atom stereocenters. The molecule has 0 aliphatic rings. The second-order valence-corrected chi connectivity index (χ2v) is 9.38. The molecule has 0 saturated carbocycles. The summed E-state index contributed by atoms with van der Waals surface area (Å²) in [6.45, 7) is 3.48. The molecule has 156 valence electrons. The summed E-state index contributed by atoms with van der Waals surface area (Å²) in [6, 6.07) is 11.3.